The first-order valence-electron chi connectivity index (χ1n) is 40.3. The summed E-state index contributed by atoms with van der Waals surface area (Å²) >= 11 is 0. The molecule has 0 rings (SSSR count). The Morgan fingerprint density at radius 2 is 0.417 bits per heavy atom. The third-order valence-corrected chi connectivity index (χ3v) is 20.0. The minimum absolute atomic E-state index is 0.108. The lowest BCUT2D eigenvalue weighted by atomic mass is 10.0. The highest BCUT2D eigenvalue weighted by Gasteiger charge is 2.30. The number of esters is 4. The van der Waals surface area contributed by atoms with Gasteiger partial charge >= 0.3 is 39.5 Å². The molecule has 0 aromatic heterocycles. The number of aliphatic hydroxyl groups excluding tert-OH is 1. The third kappa shape index (κ3) is 70.5. The average molecular weight is 1410 g/mol. The van der Waals surface area contributed by atoms with Crippen molar-refractivity contribution in [1.82, 2.24) is 0 Å². The molecule has 2 unspecified atom stereocenters. The summed E-state index contributed by atoms with van der Waals surface area (Å²) in [7, 11) is -9.91. The Hall–Kier alpha value is -1.94. The molecule has 0 aliphatic heterocycles. The SMILES string of the molecule is CCCCCCCCCCCCCCCCCCCC(=O)O[C@H](COC(=O)CCCCCCCCCCCCCCCCCC)COP(=O)(O)OC[C@@H](O)COP(=O)(O)OC[C@@H](COC(=O)CCCCCCCCCCC)OC(=O)CCCCCCCCCCCCCCCC. The molecule has 0 spiro atoms. The van der Waals surface area contributed by atoms with E-state index in [9.17, 15) is 43.2 Å². The molecule has 17 nitrogen and oxygen atoms in total. The van der Waals surface area contributed by atoms with Gasteiger partial charge in [0.05, 0.1) is 26.4 Å². The molecule has 0 heterocycles. The normalized spacial score (nSPS) is 13.9. The van der Waals surface area contributed by atoms with Crippen molar-refractivity contribution >= 4 is 39.5 Å². The molecule has 0 fully saturated rings. The van der Waals surface area contributed by atoms with Crippen LogP contribution in [0.15, 0.2) is 0 Å². The van der Waals surface area contributed by atoms with Crippen molar-refractivity contribution < 1.29 is 80.2 Å². The Bertz CT molecular complexity index is 1830. The van der Waals surface area contributed by atoms with Crippen LogP contribution in [0.4, 0.5) is 0 Å². The third-order valence-electron chi connectivity index (χ3n) is 18.1. The lowest BCUT2D eigenvalue weighted by molar-refractivity contribution is -0.161. The maximum absolute atomic E-state index is 13.1. The zero-order valence-corrected chi connectivity index (χ0v) is 64.1. The van der Waals surface area contributed by atoms with Crippen molar-refractivity contribution in [2.75, 3.05) is 39.6 Å². The summed E-state index contributed by atoms with van der Waals surface area (Å²) in [6.45, 7) is 4.99. The summed E-state index contributed by atoms with van der Waals surface area (Å²) in [6, 6.07) is 0. The van der Waals surface area contributed by atoms with Crippen LogP contribution in [0, 0.1) is 0 Å². The predicted octanol–water partition coefficient (Wildman–Crippen LogP) is 23.0. The summed E-state index contributed by atoms with van der Waals surface area (Å²) in [5, 5.41) is 10.6. The molecule has 0 aliphatic rings. The van der Waals surface area contributed by atoms with Gasteiger partial charge in [0.25, 0.3) is 0 Å². The number of hydrogen-bond acceptors (Lipinski definition) is 15. The van der Waals surface area contributed by atoms with Gasteiger partial charge in [0.2, 0.25) is 0 Å². The molecule has 0 aromatic carbocycles. The maximum Gasteiger partial charge on any atom is 0.472 e. The van der Waals surface area contributed by atoms with Gasteiger partial charge in [-0.05, 0) is 25.7 Å². The van der Waals surface area contributed by atoms with Crippen molar-refractivity contribution in [1.29, 1.82) is 0 Å². The first kappa shape index (κ1) is 94.1. The molecular weight excluding hydrogens is 1260 g/mol. The molecule has 0 saturated heterocycles. The first-order valence-corrected chi connectivity index (χ1v) is 43.3. The fourth-order valence-corrected chi connectivity index (χ4v) is 13.5. The molecule has 0 radical (unpaired) electrons. The monoisotopic (exact) mass is 1410 g/mol. The van der Waals surface area contributed by atoms with Crippen LogP contribution < -0.4 is 0 Å². The fraction of sp³-hybridized carbons (Fsp3) is 0.948. The number of carbonyl (C=O) groups excluding carboxylic acids is 4. The van der Waals surface area contributed by atoms with E-state index < -0.39 is 97.5 Å². The first-order chi connectivity index (χ1) is 46.7. The topological polar surface area (TPSA) is 237 Å². The van der Waals surface area contributed by atoms with E-state index in [1.165, 1.54) is 244 Å². The number of hydrogen-bond donors (Lipinski definition) is 3. The van der Waals surface area contributed by atoms with Gasteiger partial charge in [-0.15, -0.1) is 0 Å². The quantitative estimate of drug-likeness (QED) is 0.0222. The number of phosphoric ester groups is 2. The van der Waals surface area contributed by atoms with Crippen molar-refractivity contribution in [3.63, 3.8) is 0 Å². The number of rotatable bonds is 78. The lowest BCUT2D eigenvalue weighted by Gasteiger charge is -2.21. The van der Waals surface area contributed by atoms with Crippen LogP contribution in [0.25, 0.3) is 0 Å². The van der Waals surface area contributed by atoms with Crippen LogP contribution >= 0.6 is 15.6 Å². The highest BCUT2D eigenvalue weighted by atomic mass is 31.2. The molecule has 96 heavy (non-hydrogen) atoms. The van der Waals surface area contributed by atoms with E-state index in [2.05, 4.69) is 27.7 Å². The number of unbranched alkanes of at least 4 members (excludes halogenated alkanes) is 52. The van der Waals surface area contributed by atoms with E-state index in [0.717, 1.165) is 89.9 Å². The number of ether oxygens (including phenoxy) is 4. The molecule has 0 bridgehead atoms. The fourth-order valence-electron chi connectivity index (χ4n) is 11.9. The van der Waals surface area contributed by atoms with Gasteiger partial charge in [0, 0.05) is 25.7 Å². The number of carbonyl (C=O) groups is 4. The second-order valence-electron chi connectivity index (χ2n) is 27.7. The molecule has 0 aromatic rings. The van der Waals surface area contributed by atoms with Gasteiger partial charge in [-0.2, -0.15) is 0 Å². The maximum atomic E-state index is 13.1. The van der Waals surface area contributed by atoms with Crippen molar-refractivity contribution in [2.45, 2.75) is 431 Å². The Morgan fingerprint density at radius 3 is 0.615 bits per heavy atom. The molecule has 3 N–H and O–H groups in total. The van der Waals surface area contributed by atoms with Crippen LogP contribution in [0.2, 0.25) is 0 Å². The highest BCUT2D eigenvalue weighted by molar-refractivity contribution is 7.47. The van der Waals surface area contributed by atoms with Crippen molar-refractivity contribution in [3.8, 4) is 0 Å². The van der Waals surface area contributed by atoms with Gasteiger partial charge in [-0.3, -0.25) is 37.3 Å². The van der Waals surface area contributed by atoms with Crippen LogP contribution in [0.5, 0.6) is 0 Å². The van der Waals surface area contributed by atoms with Crippen LogP contribution in [0.3, 0.4) is 0 Å². The largest absolute Gasteiger partial charge is 0.472 e. The van der Waals surface area contributed by atoms with E-state index in [4.69, 9.17) is 37.0 Å². The lowest BCUT2D eigenvalue weighted by Crippen LogP contribution is -2.30. The molecule has 0 aliphatic carbocycles. The number of aliphatic hydroxyl groups is 1. The van der Waals surface area contributed by atoms with E-state index in [-0.39, 0.29) is 25.7 Å². The molecular formula is C77H150O17P2. The zero-order chi connectivity index (χ0) is 70.4. The molecule has 0 saturated carbocycles. The Balaban J connectivity index is 5.22. The van der Waals surface area contributed by atoms with E-state index in [0.29, 0.717) is 25.7 Å². The minimum Gasteiger partial charge on any atom is -0.462 e. The Kier molecular flexibility index (Phi) is 70.0. The standard InChI is InChI=1S/C77H150O17P2/c1-5-9-13-17-21-25-28-31-34-36-38-41-44-48-52-56-60-64-77(82)94-73(68-88-75(80)62-58-54-50-46-42-40-37-35-32-29-26-22-18-14-10-6-2)70-92-96(85,86)90-66-71(78)65-89-95(83,84)91-69-72(67-87-74(79)61-57-53-49-45-24-20-16-12-8-4)93-76(81)63-59-55-51-47-43-39-33-30-27-23-19-15-11-7-3/h71-73,78H,5-70H2,1-4H3,(H,83,84)(H,85,86)/t71-,72+,73+/m0/s1. The average Bonchev–Trinajstić information content (AvgIpc) is 1.39. The summed E-state index contributed by atoms with van der Waals surface area (Å²) in [6.07, 6.45) is 62.3. The van der Waals surface area contributed by atoms with Gasteiger partial charge < -0.3 is 33.8 Å². The second kappa shape index (κ2) is 71.5. The van der Waals surface area contributed by atoms with Gasteiger partial charge in [0.1, 0.15) is 19.3 Å². The molecule has 19 heteroatoms. The van der Waals surface area contributed by atoms with Crippen molar-refractivity contribution in [3.05, 3.63) is 0 Å². The summed E-state index contributed by atoms with van der Waals surface area (Å²) in [5.74, 6) is -2.11. The highest BCUT2D eigenvalue weighted by Crippen LogP contribution is 2.45. The van der Waals surface area contributed by atoms with Crippen LogP contribution in [-0.2, 0) is 65.4 Å². The second-order valence-corrected chi connectivity index (χ2v) is 30.7. The zero-order valence-electron chi connectivity index (χ0n) is 62.4. The summed E-state index contributed by atoms with van der Waals surface area (Å²) in [4.78, 5) is 72.8. The van der Waals surface area contributed by atoms with Crippen LogP contribution in [-0.4, -0.2) is 96.7 Å². The summed E-state index contributed by atoms with van der Waals surface area (Å²) in [5.41, 5.74) is 0. The Morgan fingerprint density at radius 1 is 0.250 bits per heavy atom. The van der Waals surface area contributed by atoms with Crippen LogP contribution in [0.1, 0.15) is 413 Å². The molecule has 0 amide bonds. The van der Waals surface area contributed by atoms with E-state index >= 15 is 0 Å². The van der Waals surface area contributed by atoms with Gasteiger partial charge in [-0.1, -0.05) is 362 Å². The number of phosphoric acid groups is 2. The Labute approximate surface area is 588 Å². The molecule has 5 atom stereocenters. The van der Waals surface area contributed by atoms with E-state index in [1.807, 2.05) is 0 Å². The van der Waals surface area contributed by atoms with Crippen molar-refractivity contribution in [2.24, 2.45) is 0 Å². The smallest absolute Gasteiger partial charge is 0.462 e. The van der Waals surface area contributed by atoms with Gasteiger partial charge in [-0.25, -0.2) is 9.13 Å². The summed E-state index contributed by atoms with van der Waals surface area (Å²) < 4.78 is 68.6. The minimum atomic E-state index is -4.96. The van der Waals surface area contributed by atoms with Gasteiger partial charge in [0.15, 0.2) is 12.2 Å². The molecule has 570 valence electrons. The van der Waals surface area contributed by atoms with E-state index in [1.54, 1.807) is 0 Å². The predicted molar refractivity (Wildman–Crippen MR) is 391 cm³/mol.